The first kappa shape index (κ1) is 7.24. The summed E-state index contributed by atoms with van der Waals surface area (Å²) >= 11 is 0. The molecule has 4 heteroatoms. The zero-order valence-corrected chi connectivity index (χ0v) is 6.25. The van der Waals surface area contributed by atoms with Crippen LogP contribution in [0.5, 0.6) is 0 Å². The van der Waals surface area contributed by atoms with Crippen molar-refractivity contribution in [1.82, 2.24) is 4.98 Å². The standard InChI is InChI=1S/C8H7FN2O/c9-8-11-6-2-1-5(4-10)3-7(6)12-8/h1-3H,4,10H2. The minimum Gasteiger partial charge on any atom is -0.415 e. The summed E-state index contributed by atoms with van der Waals surface area (Å²) in [5.41, 5.74) is 7.25. The van der Waals surface area contributed by atoms with Crippen molar-refractivity contribution in [1.29, 1.82) is 0 Å². The van der Waals surface area contributed by atoms with E-state index in [9.17, 15) is 4.39 Å². The Morgan fingerprint density at radius 3 is 3.08 bits per heavy atom. The fourth-order valence-corrected chi connectivity index (χ4v) is 1.07. The molecule has 3 nitrogen and oxygen atoms in total. The highest BCUT2D eigenvalue weighted by Gasteiger charge is 2.03. The second kappa shape index (κ2) is 2.57. The van der Waals surface area contributed by atoms with Gasteiger partial charge in [0.15, 0.2) is 5.58 Å². The van der Waals surface area contributed by atoms with Gasteiger partial charge in [-0.3, -0.25) is 0 Å². The fourth-order valence-electron chi connectivity index (χ4n) is 1.07. The van der Waals surface area contributed by atoms with Crippen LogP contribution in [-0.2, 0) is 6.54 Å². The predicted octanol–water partition coefficient (Wildman–Crippen LogP) is 1.43. The van der Waals surface area contributed by atoms with Gasteiger partial charge in [-0.1, -0.05) is 6.07 Å². The normalized spacial score (nSPS) is 10.8. The Hall–Kier alpha value is -1.42. The number of fused-ring (bicyclic) bond motifs is 1. The average molecular weight is 166 g/mol. The zero-order chi connectivity index (χ0) is 8.55. The Morgan fingerprint density at radius 1 is 1.50 bits per heavy atom. The summed E-state index contributed by atoms with van der Waals surface area (Å²) in [6, 6.07) is 5.17. The molecule has 62 valence electrons. The van der Waals surface area contributed by atoms with E-state index in [1.807, 2.05) is 0 Å². The second-order valence-electron chi connectivity index (χ2n) is 2.47. The van der Waals surface area contributed by atoms with Crippen LogP contribution in [0.2, 0.25) is 0 Å². The molecule has 0 saturated heterocycles. The summed E-state index contributed by atoms with van der Waals surface area (Å²) in [6.07, 6.45) is -0.806. The molecular weight excluding hydrogens is 159 g/mol. The topological polar surface area (TPSA) is 52.0 Å². The van der Waals surface area contributed by atoms with Crippen LogP contribution in [0.25, 0.3) is 11.1 Å². The van der Waals surface area contributed by atoms with Gasteiger partial charge >= 0.3 is 6.14 Å². The highest BCUT2D eigenvalue weighted by Crippen LogP contribution is 2.15. The number of oxazole rings is 1. The van der Waals surface area contributed by atoms with E-state index in [1.165, 1.54) is 0 Å². The summed E-state index contributed by atoms with van der Waals surface area (Å²) in [5, 5.41) is 0. The van der Waals surface area contributed by atoms with Gasteiger partial charge in [0.25, 0.3) is 0 Å². The van der Waals surface area contributed by atoms with E-state index in [0.717, 1.165) is 5.56 Å². The highest BCUT2D eigenvalue weighted by atomic mass is 19.1. The summed E-state index contributed by atoms with van der Waals surface area (Å²) in [6.45, 7) is 0.415. The summed E-state index contributed by atoms with van der Waals surface area (Å²) in [5.74, 6) is 0. The molecule has 1 aromatic carbocycles. The van der Waals surface area contributed by atoms with Gasteiger partial charge in [0.1, 0.15) is 5.52 Å². The lowest BCUT2D eigenvalue weighted by Gasteiger charge is -1.92. The Balaban J connectivity index is 2.66. The SMILES string of the molecule is NCc1ccc2nc(F)oc2c1. The van der Waals surface area contributed by atoms with Gasteiger partial charge in [0.05, 0.1) is 0 Å². The molecule has 0 saturated carbocycles. The molecule has 0 aliphatic heterocycles. The molecule has 0 atom stereocenters. The molecule has 1 heterocycles. The van der Waals surface area contributed by atoms with Gasteiger partial charge in [-0.05, 0) is 17.7 Å². The van der Waals surface area contributed by atoms with E-state index in [1.54, 1.807) is 18.2 Å². The first-order chi connectivity index (χ1) is 5.79. The van der Waals surface area contributed by atoms with Gasteiger partial charge in [0, 0.05) is 6.54 Å². The monoisotopic (exact) mass is 166 g/mol. The quantitative estimate of drug-likeness (QED) is 0.697. The van der Waals surface area contributed by atoms with Gasteiger partial charge in [-0.15, -0.1) is 4.39 Å². The number of nitrogens with two attached hydrogens (primary N) is 1. The Labute approximate surface area is 68.0 Å². The minimum atomic E-state index is -0.806. The molecule has 0 spiro atoms. The first-order valence-corrected chi connectivity index (χ1v) is 3.54. The van der Waals surface area contributed by atoms with E-state index >= 15 is 0 Å². The lowest BCUT2D eigenvalue weighted by Crippen LogP contribution is -1.94. The maximum Gasteiger partial charge on any atom is 0.382 e. The predicted molar refractivity (Wildman–Crippen MR) is 41.9 cm³/mol. The highest BCUT2D eigenvalue weighted by molar-refractivity contribution is 5.72. The maximum atomic E-state index is 12.4. The van der Waals surface area contributed by atoms with Gasteiger partial charge in [-0.2, -0.15) is 4.98 Å². The summed E-state index contributed by atoms with van der Waals surface area (Å²) in [4.78, 5) is 3.51. The second-order valence-corrected chi connectivity index (χ2v) is 2.47. The van der Waals surface area contributed by atoms with Crippen molar-refractivity contribution in [2.75, 3.05) is 0 Å². The van der Waals surface area contributed by atoms with Crippen LogP contribution in [-0.4, -0.2) is 4.98 Å². The van der Waals surface area contributed by atoms with Gasteiger partial charge < -0.3 is 10.2 Å². The fraction of sp³-hybridized carbons (Fsp3) is 0.125. The Morgan fingerprint density at radius 2 is 2.33 bits per heavy atom. The molecule has 0 radical (unpaired) electrons. The molecule has 0 unspecified atom stereocenters. The third-order valence-corrected chi connectivity index (χ3v) is 1.66. The number of hydrogen-bond donors (Lipinski definition) is 1. The third kappa shape index (κ3) is 1.06. The number of aromatic nitrogens is 1. The van der Waals surface area contributed by atoms with Gasteiger partial charge in [-0.25, -0.2) is 0 Å². The van der Waals surface area contributed by atoms with Crippen LogP contribution < -0.4 is 5.73 Å². The third-order valence-electron chi connectivity index (χ3n) is 1.66. The van der Waals surface area contributed by atoms with Crippen molar-refractivity contribution in [2.24, 2.45) is 5.73 Å². The molecule has 0 fully saturated rings. The number of hydrogen-bond acceptors (Lipinski definition) is 3. The largest absolute Gasteiger partial charge is 0.415 e. The number of benzene rings is 1. The molecule has 0 aliphatic rings. The smallest absolute Gasteiger partial charge is 0.382 e. The Kier molecular flexibility index (Phi) is 1.55. The van der Waals surface area contributed by atoms with Crippen molar-refractivity contribution < 1.29 is 8.81 Å². The molecular formula is C8H7FN2O. The van der Waals surface area contributed by atoms with E-state index in [4.69, 9.17) is 5.73 Å². The Bertz CT molecular complexity index is 410. The van der Waals surface area contributed by atoms with Crippen molar-refractivity contribution in [3.05, 3.63) is 29.9 Å². The molecule has 12 heavy (non-hydrogen) atoms. The van der Waals surface area contributed by atoms with E-state index < -0.39 is 6.14 Å². The van der Waals surface area contributed by atoms with Crippen LogP contribution in [0.3, 0.4) is 0 Å². The molecule has 2 rings (SSSR count). The first-order valence-electron chi connectivity index (χ1n) is 3.54. The van der Waals surface area contributed by atoms with Crippen LogP contribution in [0, 0.1) is 6.14 Å². The average Bonchev–Trinajstić information content (AvgIpc) is 2.43. The van der Waals surface area contributed by atoms with Crippen molar-refractivity contribution in [3.8, 4) is 0 Å². The van der Waals surface area contributed by atoms with Crippen molar-refractivity contribution in [2.45, 2.75) is 6.54 Å². The minimum absolute atomic E-state index is 0.415. The maximum absolute atomic E-state index is 12.4. The number of rotatable bonds is 1. The number of nitrogens with zero attached hydrogens (tertiary/aromatic N) is 1. The van der Waals surface area contributed by atoms with E-state index in [-0.39, 0.29) is 0 Å². The van der Waals surface area contributed by atoms with Crippen molar-refractivity contribution in [3.63, 3.8) is 0 Å². The van der Waals surface area contributed by atoms with Crippen LogP contribution in [0.15, 0.2) is 22.6 Å². The molecule has 0 aliphatic carbocycles. The summed E-state index contributed by atoms with van der Waals surface area (Å²) in [7, 11) is 0. The molecule has 1 aromatic heterocycles. The van der Waals surface area contributed by atoms with E-state index in [2.05, 4.69) is 9.40 Å². The molecule has 0 amide bonds. The van der Waals surface area contributed by atoms with Gasteiger partial charge in [0.2, 0.25) is 0 Å². The zero-order valence-electron chi connectivity index (χ0n) is 6.25. The van der Waals surface area contributed by atoms with Crippen LogP contribution in [0.1, 0.15) is 5.56 Å². The molecule has 2 aromatic rings. The molecule has 0 bridgehead atoms. The molecule has 2 N–H and O–H groups in total. The van der Waals surface area contributed by atoms with Crippen LogP contribution >= 0.6 is 0 Å². The lowest BCUT2D eigenvalue weighted by molar-refractivity contribution is 0.355. The number of halogens is 1. The van der Waals surface area contributed by atoms with E-state index in [0.29, 0.717) is 17.6 Å². The van der Waals surface area contributed by atoms with Crippen molar-refractivity contribution >= 4 is 11.1 Å². The van der Waals surface area contributed by atoms with Crippen LogP contribution in [0.4, 0.5) is 4.39 Å². The summed E-state index contributed by atoms with van der Waals surface area (Å²) < 4.78 is 17.1. The lowest BCUT2D eigenvalue weighted by atomic mass is 10.2.